The minimum absolute atomic E-state index is 0.211. The standard InChI is InChI=1S/C20H23FN2O2/c1-20(2)17-14(21)10-7-11-15(17)23(19(20)25)18(16(24)12-22-3)13-8-5-4-6-9-13/h4-11,16,18,22,24H,12H2,1-3H3/t16-,18-/m0/s1. The Morgan fingerprint density at radius 2 is 1.84 bits per heavy atom. The number of aliphatic hydroxyl groups is 1. The van der Waals surface area contributed by atoms with Crippen LogP contribution in [0.3, 0.4) is 0 Å². The Labute approximate surface area is 147 Å². The molecule has 2 N–H and O–H groups in total. The molecule has 0 fully saturated rings. The fourth-order valence-electron chi connectivity index (χ4n) is 3.64. The van der Waals surface area contributed by atoms with Crippen molar-refractivity contribution in [1.29, 1.82) is 0 Å². The van der Waals surface area contributed by atoms with E-state index < -0.39 is 23.4 Å². The molecule has 5 heteroatoms. The predicted octanol–water partition coefficient (Wildman–Crippen LogP) is 2.77. The Morgan fingerprint density at radius 3 is 2.48 bits per heavy atom. The molecule has 25 heavy (non-hydrogen) atoms. The second-order valence-electron chi connectivity index (χ2n) is 6.91. The van der Waals surface area contributed by atoms with Crippen molar-refractivity contribution in [2.75, 3.05) is 18.5 Å². The molecule has 2 atom stereocenters. The fraction of sp³-hybridized carbons (Fsp3) is 0.350. The molecule has 0 saturated heterocycles. The van der Waals surface area contributed by atoms with E-state index in [1.165, 1.54) is 6.07 Å². The Balaban J connectivity index is 2.17. The van der Waals surface area contributed by atoms with Gasteiger partial charge in [0.1, 0.15) is 5.82 Å². The normalized spacial score (nSPS) is 18.1. The van der Waals surface area contributed by atoms with Gasteiger partial charge in [0.15, 0.2) is 0 Å². The molecular formula is C20H23FN2O2. The third-order valence-electron chi connectivity index (χ3n) is 4.83. The van der Waals surface area contributed by atoms with Crippen LogP contribution in [-0.4, -0.2) is 30.7 Å². The van der Waals surface area contributed by atoms with E-state index in [-0.39, 0.29) is 5.91 Å². The molecule has 2 aromatic carbocycles. The monoisotopic (exact) mass is 342 g/mol. The third kappa shape index (κ3) is 2.83. The van der Waals surface area contributed by atoms with Crippen LogP contribution in [0.5, 0.6) is 0 Å². The minimum Gasteiger partial charge on any atom is -0.389 e. The summed E-state index contributed by atoms with van der Waals surface area (Å²) in [5, 5.41) is 13.7. The van der Waals surface area contributed by atoms with E-state index in [9.17, 15) is 14.3 Å². The van der Waals surface area contributed by atoms with Crippen LogP contribution in [0.1, 0.15) is 31.0 Å². The van der Waals surface area contributed by atoms with Gasteiger partial charge in [-0.3, -0.25) is 4.79 Å². The molecule has 1 heterocycles. The maximum atomic E-state index is 14.5. The van der Waals surface area contributed by atoms with Gasteiger partial charge in [-0.2, -0.15) is 0 Å². The molecule has 0 bridgehead atoms. The lowest BCUT2D eigenvalue weighted by Gasteiger charge is -2.33. The van der Waals surface area contributed by atoms with Gasteiger partial charge in [-0.25, -0.2) is 4.39 Å². The molecule has 0 saturated carbocycles. The van der Waals surface area contributed by atoms with Crippen molar-refractivity contribution >= 4 is 11.6 Å². The molecule has 1 amide bonds. The largest absolute Gasteiger partial charge is 0.389 e. The van der Waals surface area contributed by atoms with E-state index >= 15 is 0 Å². The first kappa shape index (κ1) is 17.6. The van der Waals surface area contributed by atoms with Gasteiger partial charge in [-0.15, -0.1) is 0 Å². The van der Waals surface area contributed by atoms with Crippen molar-refractivity contribution in [2.24, 2.45) is 0 Å². The molecule has 0 unspecified atom stereocenters. The summed E-state index contributed by atoms with van der Waals surface area (Å²) in [7, 11) is 1.74. The summed E-state index contributed by atoms with van der Waals surface area (Å²) in [4.78, 5) is 14.7. The van der Waals surface area contributed by atoms with E-state index in [0.29, 0.717) is 17.8 Å². The van der Waals surface area contributed by atoms with Gasteiger partial charge in [0.25, 0.3) is 0 Å². The highest BCUT2D eigenvalue weighted by molar-refractivity contribution is 6.08. The maximum absolute atomic E-state index is 14.5. The van der Waals surface area contributed by atoms with Crippen molar-refractivity contribution in [3.05, 3.63) is 65.5 Å². The van der Waals surface area contributed by atoms with Gasteiger partial charge < -0.3 is 15.3 Å². The fourth-order valence-corrected chi connectivity index (χ4v) is 3.64. The second kappa shape index (κ2) is 6.58. The zero-order valence-electron chi connectivity index (χ0n) is 14.7. The van der Waals surface area contributed by atoms with Crippen LogP contribution in [0.25, 0.3) is 0 Å². The quantitative estimate of drug-likeness (QED) is 0.878. The summed E-state index contributed by atoms with van der Waals surface area (Å²) in [6.07, 6.45) is -0.832. The van der Waals surface area contributed by atoms with Crippen LogP contribution in [0, 0.1) is 5.82 Å². The zero-order chi connectivity index (χ0) is 18.2. The summed E-state index contributed by atoms with van der Waals surface area (Å²) >= 11 is 0. The number of nitrogens with one attached hydrogen (secondary N) is 1. The SMILES string of the molecule is CNC[C@H](O)[C@H](c1ccccc1)N1C(=O)C(C)(C)c2c(F)cccc21. The van der Waals surface area contributed by atoms with E-state index in [1.807, 2.05) is 30.3 Å². The number of rotatable bonds is 5. The lowest BCUT2D eigenvalue weighted by Crippen LogP contribution is -2.45. The first-order chi connectivity index (χ1) is 11.9. The number of hydrogen-bond acceptors (Lipinski definition) is 3. The number of anilines is 1. The number of halogens is 1. The van der Waals surface area contributed by atoms with Crippen LogP contribution in [0.2, 0.25) is 0 Å². The molecule has 0 aromatic heterocycles. The van der Waals surface area contributed by atoms with Crippen molar-refractivity contribution in [1.82, 2.24) is 5.32 Å². The van der Waals surface area contributed by atoms with E-state index in [2.05, 4.69) is 5.32 Å². The van der Waals surface area contributed by atoms with Crippen LogP contribution >= 0.6 is 0 Å². The molecule has 2 aromatic rings. The maximum Gasteiger partial charge on any atom is 0.237 e. The smallest absolute Gasteiger partial charge is 0.237 e. The molecule has 4 nitrogen and oxygen atoms in total. The van der Waals surface area contributed by atoms with Gasteiger partial charge in [0.05, 0.1) is 23.2 Å². The van der Waals surface area contributed by atoms with Crippen molar-refractivity contribution in [3.8, 4) is 0 Å². The molecule has 132 valence electrons. The average Bonchev–Trinajstić information content (AvgIpc) is 2.78. The summed E-state index contributed by atoms with van der Waals surface area (Å²) in [5.41, 5.74) is 0.746. The molecular weight excluding hydrogens is 319 g/mol. The van der Waals surface area contributed by atoms with Crippen LogP contribution < -0.4 is 10.2 Å². The van der Waals surface area contributed by atoms with Crippen LogP contribution in [0.4, 0.5) is 10.1 Å². The zero-order valence-corrected chi connectivity index (χ0v) is 14.7. The number of fused-ring (bicyclic) bond motifs is 1. The van der Waals surface area contributed by atoms with Gasteiger partial charge in [0.2, 0.25) is 5.91 Å². The number of hydrogen-bond donors (Lipinski definition) is 2. The van der Waals surface area contributed by atoms with E-state index in [4.69, 9.17) is 0 Å². The average molecular weight is 342 g/mol. The van der Waals surface area contributed by atoms with Crippen molar-refractivity contribution < 1.29 is 14.3 Å². The first-order valence-corrected chi connectivity index (χ1v) is 8.40. The summed E-state index contributed by atoms with van der Waals surface area (Å²) in [6, 6.07) is 13.5. The number of carbonyl (C=O) groups is 1. The van der Waals surface area contributed by atoms with Gasteiger partial charge in [-0.05, 0) is 38.6 Å². The van der Waals surface area contributed by atoms with Crippen molar-refractivity contribution in [2.45, 2.75) is 31.4 Å². The van der Waals surface area contributed by atoms with Gasteiger partial charge in [-0.1, -0.05) is 36.4 Å². The number of benzene rings is 2. The Hall–Kier alpha value is -2.24. The number of carbonyl (C=O) groups excluding carboxylic acids is 1. The first-order valence-electron chi connectivity index (χ1n) is 8.40. The number of amides is 1. The summed E-state index contributed by atoms with van der Waals surface area (Å²) in [6.45, 7) is 3.77. The molecule has 1 aliphatic rings. The Kier molecular flexibility index (Phi) is 4.62. The lowest BCUT2D eigenvalue weighted by atomic mass is 9.86. The summed E-state index contributed by atoms with van der Waals surface area (Å²) in [5.74, 6) is -0.607. The lowest BCUT2D eigenvalue weighted by molar-refractivity contribution is -0.123. The Bertz CT molecular complexity index is 777. The third-order valence-corrected chi connectivity index (χ3v) is 4.83. The topological polar surface area (TPSA) is 52.6 Å². The highest BCUT2D eigenvalue weighted by atomic mass is 19.1. The van der Waals surface area contributed by atoms with Gasteiger partial charge >= 0.3 is 0 Å². The van der Waals surface area contributed by atoms with E-state index in [1.54, 1.807) is 37.9 Å². The highest BCUT2D eigenvalue weighted by Gasteiger charge is 2.49. The molecule has 1 aliphatic heterocycles. The minimum atomic E-state index is -0.979. The highest BCUT2D eigenvalue weighted by Crippen LogP contribution is 2.47. The predicted molar refractivity (Wildman–Crippen MR) is 96.0 cm³/mol. The number of nitrogens with zero attached hydrogens (tertiary/aromatic N) is 1. The second-order valence-corrected chi connectivity index (χ2v) is 6.91. The number of likely N-dealkylation sites (N-methyl/N-ethyl adjacent to an activating group) is 1. The van der Waals surface area contributed by atoms with Gasteiger partial charge in [0, 0.05) is 12.1 Å². The van der Waals surface area contributed by atoms with Crippen molar-refractivity contribution in [3.63, 3.8) is 0 Å². The molecule has 0 spiro atoms. The Morgan fingerprint density at radius 1 is 1.16 bits per heavy atom. The van der Waals surface area contributed by atoms with Crippen LogP contribution in [-0.2, 0) is 10.2 Å². The van der Waals surface area contributed by atoms with E-state index in [0.717, 1.165) is 5.56 Å². The molecule has 0 aliphatic carbocycles. The molecule has 0 radical (unpaired) electrons. The summed E-state index contributed by atoms with van der Waals surface area (Å²) < 4.78 is 14.5. The number of aliphatic hydroxyl groups excluding tert-OH is 1. The van der Waals surface area contributed by atoms with Crippen LogP contribution in [0.15, 0.2) is 48.5 Å². The molecule has 3 rings (SSSR count).